The van der Waals surface area contributed by atoms with Crippen molar-refractivity contribution in [2.24, 2.45) is 0 Å². The summed E-state index contributed by atoms with van der Waals surface area (Å²) in [5.74, 6) is -6.12. The minimum Gasteiger partial charge on any atom is -0.549 e. The molecule has 0 heterocycles. The zero-order valence-corrected chi connectivity index (χ0v) is 16.4. The van der Waals surface area contributed by atoms with Crippen LogP contribution in [0.3, 0.4) is 0 Å². The molecule has 0 radical (unpaired) electrons. The Morgan fingerprint density at radius 3 is 0.815 bits per heavy atom. The predicted octanol–water partition coefficient (Wildman–Crippen LogP) is -11.4. The van der Waals surface area contributed by atoms with Gasteiger partial charge in [0.05, 0.1) is 23.9 Å². The molecule has 0 aliphatic carbocycles. The van der Waals surface area contributed by atoms with Gasteiger partial charge in [-0.05, 0) is 0 Å². The van der Waals surface area contributed by atoms with Crippen LogP contribution >= 0.6 is 0 Å². The number of aliphatic carboxylic acids is 4. The van der Waals surface area contributed by atoms with E-state index in [1.54, 1.807) is 0 Å². The summed E-state index contributed by atoms with van der Waals surface area (Å²) in [5, 5.41) is 41.6. The Morgan fingerprint density at radius 2 is 0.704 bits per heavy atom. The van der Waals surface area contributed by atoms with Crippen LogP contribution in [0.4, 0.5) is 0 Å². The molecule has 0 fully saturated rings. The summed E-state index contributed by atoms with van der Waals surface area (Å²) >= 11 is 0. The molecule has 17 heteroatoms. The predicted molar refractivity (Wildman–Crippen MR) is 79.5 cm³/mol. The minimum atomic E-state index is -1.53. The maximum atomic E-state index is 10.4. The first kappa shape index (κ1) is 50.0. The van der Waals surface area contributed by atoms with Gasteiger partial charge in [-0.3, -0.25) is 9.80 Å². The molecule has 0 amide bonds. The van der Waals surface area contributed by atoms with Gasteiger partial charge in [0.15, 0.2) is 0 Å². The molecule has 162 valence electrons. The van der Waals surface area contributed by atoms with Gasteiger partial charge in [0, 0.05) is 39.3 Å². The van der Waals surface area contributed by atoms with Crippen LogP contribution in [0.2, 0.25) is 0 Å². The van der Waals surface area contributed by atoms with Crippen molar-refractivity contribution in [3.8, 4) is 0 Å². The van der Waals surface area contributed by atoms with E-state index in [1.807, 2.05) is 0 Å². The van der Waals surface area contributed by atoms with Crippen molar-refractivity contribution in [3.05, 3.63) is 0 Å². The number of nitrogens with zero attached hydrogens (tertiary/aromatic N) is 2. The van der Waals surface area contributed by atoms with E-state index in [0.29, 0.717) is 0 Å². The van der Waals surface area contributed by atoms with Gasteiger partial charge in [0.2, 0.25) is 0 Å². The Hall–Kier alpha value is -1.57. The number of carbonyl (C=O) groups excluding carboxylic acids is 4. The van der Waals surface area contributed by atoms with E-state index in [9.17, 15) is 39.6 Å². The van der Waals surface area contributed by atoms with Crippen molar-refractivity contribution in [1.82, 2.24) is 16.0 Å². The molecule has 0 aliphatic heterocycles. The second kappa shape index (κ2) is 26.7. The molecular weight excluding hydrogens is 415 g/mol. The fourth-order valence-corrected chi connectivity index (χ4v) is 1.44. The van der Waals surface area contributed by atoms with Gasteiger partial charge in [0.25, 0.3) is 0 Å². The molecule has 0 bridgehead atoms. The van der Waals surface area contributed by atoms with Crippen LogP contribution in [0.15, 0.2) is 0 Å². The topological polar surface area (TPSA) is 364 Å². The average Bonchev–Trinajstić information content (AvgIpc) is 2.22. The van der Waals surface area contributed by atoms with Gasteiger partial charge in [-0.25, -0.2) is 0 Å². The van der Waals surface area contributed by atoms with Crippen molar-refractivity contribution in [2.45, 2.75) is 0 Å². The normalized spacial score (nSPS) is 7.93. The van der Waals surface area contributed by atoms with E-state index in [4.69, 9.17) is 0 Å². The molecule has 16 N–H and O–H groups in total. The van der Waals surface area contributed by atoms with Crippen molar-refractivity contribution in [2.75, 3.05) is 39.3 Å². The fraction of sp³-hybridized carbons (Fsp3) is 0.600. The Balaban J connectivity index is -0.0000000860. The first-order chi connectivity index (χ1) is 9.20. The number of rotatable bonds is 11. The third-order valence-corrected chi connectivity index (χ3v) is 2.14. The van der Waals surface area contributed by atoms with Crippen molar-refractivity contribution in [1.29, 1.82) is 0 Å². The smallest absolute Gasteiger partial charge is 0.549 e. The standard InChI is InChI=1S/C10H16N2O8.H3N.5H2O.Sc/c13-7(14)3-11(4-8(15)16)1-2-12(5-9(17)18)6-10(19)20;;;;;;;/h1-6H2,(H,13,14)(H,15,16)(H,17,18)(H,19,20);1H3;5*1H2;/q;;;;;;;+3/p-1. The molecule has 0 aliphatic rings. The van der Waals surface area contributed by atoms with E-state index < -0.39 is 50.1 Å². The fourth-order valence-electron chi connectivity index (χ4n) is 1.44. The summed E-state index contributed by atoms with van der Waals surface area (Å²) in [6, 6.07) is 0. The van der Waals surface area contributed by atoms with Crippen molar-refractivity contribution >= 4 is 23.9 Å². The zero-order chi connectivity index (χ0) is 15.7. The van der Waals surface area contributed by atoms with Gasteiger partial charge in [-0.2, -0.15) is 0 Å². The molecular formula is C10H28N3O13Sc+2. The van der Waals surface area contributed by atoms with Crippen molar-refractivity contribution < 1.29 is 92.8 Å². The summed E-state index contributed by atoms with van der Waals surface area (Å²) in [6.07, 6.45) is 0. The third-order valence-electron chi connectivity index (χ3n) is 2.14. The number of carboxylic acid groups (broad SMARTS) is 4. The number of hydrogen-bond donors (Lipinski definition) is 1. The molecule has 16 nitrogen and oxygen atoms in total. The van der Waals surface area contributed by atoms with Gasteiger partial charge >= 0.3 is 25.8 Å². The Labute approximate surface area is 172 Å². The molecule has 0 atom stereocenters. The van der Waals surface area contributed by atoms with Crippen LogP contribution in [-0.4, -0.2) is 89.4 Å². The summed E-state index contributed by atoms with van der Waals surface area (Å²) in [5.41, 5.74) is 0. The maximum Gasteiger partial charge on any atom is 3.00 e. The van der Waals surface area contributed by atoms with Gasteiger partial charge in [-0.1, -0.05) is 0 Å². The Kier molecular flexibility index (Phi) is 49.3. The van der Waals surface area contributed by atoms with Gasteiger partial charge < -0.3 is 73.1 Å². The number of carboxylic acids is 4. The largest absolute Gasteiger partial charge is 3.00 e. The number of hydrogen-bond acceptors (Lipinski definition) is 10. The van der Waals surface area contributed by atoms with E-state index >= 15 is 0 Å². The van der Waals surface area contributed by atoms with Crippen LogP contribution in [0, 0.1) is 0 Å². The quantitative estimate of drug-likeness (QED) is 0.293. The molecule has 0 saturated heterocycles. The van der Waals surface area contributed by atoms with Crippen LogP contribution in [0.25, 0.3) is 0 Å². The molecule has 0 aromatic heterocycles. The molecule has 0 saturated carbocycles. The zero-order valence-electron chi connectivity index (χ0n) is 14.6. The summed E-state index contributed by atoms with van der Waals surface area (Å²) in [4.78, 5) is 43.4. The van der Waals surface area contributed by atoms with E-state index in [-0.39, 0.29) is 72.5 Å². The first-order valence-corrected chi connectivity index (χ1v) is 5.44. The van der Waals surface area contributed by atoms with Crippen LogP contribution < -0.4 is 26.6 Å². The molecule has 0 rings (SSSR count). The van der Waals surface area contributed by atoms with E-state index in [0.717, 1.165) is 9.80 Å². The van der Waals surface area contributed by atoms with Gasteiger partial charge in [-0.15, -0.1) is 0 Å². The number of carbonyl (C=O) groups is 4. The van der Waals surface area contributed by atoms with Crippen LogP contribution in [-0.2, 0) is 56.0 Å². The monoisotopic (exact) mass is 443 g/mol. The SMILES string of the molecule is O.O.O.O=C([O-])CN(CCN(CC(=O)[O-])CC(=O)[O-])CC(=O)[O-].[NH4+].[OH3+].[OH3+].[Sc+3]. The second-order valence-corrected chi connectivity index (χ2v) is 3.91. The third kappa shape index (κ3) is 32.6. The Morgan fingerprint density at radius 1 is 0.556 bits per heavy atom. The van der Waals surface area contributed by atoms with Crippen LogP contribution in [0.1, 0.15) is 0 Å². The average molecular weight is 443 g/mol. The minimum absolute atomic E-state index is 0. The molecule has 0 spiro atoms. The first-order valence-electron chi connectivity index (χ1n) is 5.44. The van der Waals surface area contributed by atoms with Crippen LogP contribution in [0.5, 0.6) is 0 Å². The summed E-state index contributed by atoms with van der Waals surface area (Å²) in [7, 11) is 0. The second-order valence-electron chi connectivity index (χ2n) is 3.91. The molecule has 0 unspecified atom stereocenters. The molecule has 0 aromatic carbocycles. The Bertz CT molecular complexity index is 331. The molecule has 27 heavy (non-hydrogen) atoms. The molecule has 0 aromatic rings. The summed E-state index contributed by atoms with van der Waals surface area (Å²) < 4.78 is 0. The van der Waals surface area contributed by atoms with E-state index in [1.165, 1.54) is 0 Å². The van der Waals surface area contributed by atoms with Gasteiger partial charge in [0.1, 0.15) is 0 Å². The van der Waals surface area contributed by atoms with Crippen molar-refractivity contribution in [3.63, 3.8) is 0 Å². The van der Waals surface area contributed by atoms with E-state index in [2.05, 4.69) is 0 Å². The summed E-state index contributed by atoms with van der Waals surface area (Å²) in [6.45, 7) is -3.25. The maximum absolute atomic E-state index is 10.4. The number of quaternary nitrogens is 1.